The van der Waals surface area contributed by atoms with E-state index < -0.39 is 0 Å². The average molecular weight is 290 g/mol. The summed E-state index contributed by atoms with van der Waals surface area (Å²) < 4.78 is 0. The molecule has 0 saturated carbocycles. The zero-order valence-corrected chi connectivity index (χ0v) is 14.0. The van der Waals surface area contributed by atoms with Crippen LogP contribution in [0.1, 0.15) is 37.0 Å². The predicted molar refractivity (Wildman–Crippen MR) is 88.8 cm³/mol. The zero-order valence-electron chi connectivity index (χ0n) is 14.0. The van der Waals surface area contributed by atoms with Crippen LogP contribution in [0.4, 0.5) is 0 Å². The lowest BCUT2D eigenvalue weighted by atomic mass is 10.0. The summed E-state index contributed by atoms with van der Waals surface area (Å²) in [6.45, 7) is 15.3. The van der Waals surface area contributed by atoms with Gasteiger partial charge in [-0.15, -0.1) is 0 Å². The van der Waals surface area contributed by atoms with Crippen LogP contribution in [0.2, 0.25) is 0 Å². The smallest absolute Gasteiger partial charge is 0.120 e. The van der Waals surface area contributed by atoms with E-state index in [9.17, 15) is 5.11 Å². The van der Waals surface area contributed by atoms with Crippen molar-refractivity contribution < 1.29 is 5.11 Å². The molecule has 1 aliphatic rings. The molecule has 3 nitrogen and oxygen atoms in total. The molecule has 0 amide bonds. The number of aromatic hydroxyl groups is 1. The Morgan fingerprint density at radius 3 is 2.19 bits per heavy atom. The van der Waals surface area contributed by atoms with Gasteiger partial charge in [-0.1, -0.05) is 19.9 Å². The summed E-state index contributed by atoms with van der Waals surface area (Å²) in [6.07, 6.45) is 1.29. The van der Waals surface area contributed by atoms with Crippen molar-refractivity contribution in [1.29, 1.82) is 0 Å². The van der Waals surface area contributed by atoms with Crippen LogP contribution in [0.15, 0.2) is 12.1 Å². The lowest BCUT2D eigenvalue weighted by Gasteiger charge is -2.35. The number of rotatable bonds is 5. The van der Waals surface area contributed by atoms with Crippen molar-refractivity contribution in [2.45, 2.75) is 40.7 Å². The Morgan fingerprint density at radius 2 is 1.57 bits per heavy atom. The van der Waals surface area contributed by atoms with Crippen molar-refractivity contribution in [3.05, 3.63) is 28.8 Å². The normalized spacial score (nSPS) is 17.6. The first-order valence-corrected chi connectivity index (χ1v) is 8.19. The topological polar surface area (TPSA) is 26.7 Å². The van der Waals surface area contributed by atoms with Gasteiger partial charge in [0.15, 0.2) is 0 Å². The first kappa shape index (κ1) is 16.3. The van der Waals surface area contributed by atoms with Gasteiger partial charge in [-0.3, -0.25) is 4.90 Å². The summed E-state index contributed by atoms with van der Waals surface area (Å²) in [5.74, 6) is 1.23. The molecule has 21 heavy (non-hydrogen) atoms. The summed E-state index contributed by atoms with van der Waals surface area (Å²) in [5.41, 5.74) is 3.49. The Morgan fingerprint density at radius 1 is 1.00 bits per heavy atom. The van der Waals surface area contributed by atoms with Gasteiger partial charge in [0.1, 0.15) is 5.75 Å². The number of hydrogen-bond acceptors (Lipinski definition) is 3. The number of benzene rings is 1. The maximum atomic E-state index is 10.1. The molecule has 1 aliphatic heterocycles. The van der Waals surface area contributed by atoms with Gasteiger partial charge in [-0.2, -0.15) is 0 Å². The summed E-state index contributed by atoms with van der Waals surface area (Å²) in [5, 5.41) is 10.1. The van der Waals surface area contributed by atoms with E-state index in [2.05, 4.69) is 36.6 Å². The molecule has 1 aromatic carbocycles. The molecule has 0 aromatic heterocycles. The lowest BCUT2D eigenvalue weighted by molar-refractivity contribution is 0.122. The van der Waals surface area contributed by atoms with Crippen molar-refractivity contribution in [3.63, 3.8) is 0 Å². The third-order valence-electron chi connectivity index (χ3n) is 4.58. The van der Waals surface area contributed by atoms with Gasteiger partial charge in [-0.25, -0.2) is 0 Å². The molecular formula is C18H30N2O. The second-order valence-corrected chi connectivity index (χ2v) is 6.87. The highest BCUT2D eigenvalue weighted by Crippen LogP contribution is 2.23. The highest BCUT2D eigenvalue weighted by atomic mass is 16.3. The van der Waals surface area contributed by atoms with Gasteiger partial charge in [0.25, 0.3) is 0 Å². The largest absolute Gasteiger partial charge is 0.508 e. The van der Waals surface area contributed by atoms with Crippen LogP contribution in [0.5, 0.6) is 5.75 Å². The van der Waals surface area contributed by atoms with Crippen LogP contribution in [-0.2, 0) is 6.54 Å². The van der Waals surface area contributed by atoms with Crippen molar-refractivity contribution in [2.75, 3.05) is 32.7 Å². The minimum atomic E-state index is 0.445. The molecule has 1 heterocycles. The maximum absolute atomic E-state index is 10.1. The number of phenolic OH excluding ortho intramolecular Hbond substituents is 1. The van der Waals surface area contributed by atoms with Gasteiger partial charge < -0.3 is 10.0 Å². The second-order valence-electron chi connectivity index (χ2n) is 6.87. The Balaban J connectivity index is 1.85. The fourth-order valence-corrected chi connectivity index (χ4v) is 2.84. The van der Waals surface area contributed by atoms with Gasteiger partial charge in [-0.05, 0) is 49.9 Å². The Bertz CT molecular complexity index is 463. The van der Waals surface area contributed by atoms with Crippen LogP contribution in [0, 0.1) is 19.8 Å². The van der Waals surface area contributed by atoms with Crippen LogP contribution in [0.25, 0.3) is 0 Å². The standard InChI is InChI=1S/C18H30N2O/c1-14(2)5-6-19-7-9-20(10-8-19)13-17-11-15(3)16(4)12-18(17)21/h11-12,14,21H,5-10,13H2,1-4H3. The molecule has 2 rings (SSSR count). The van der Waals surface area contributed by atoms with Crippen molar-refractivity contribution in [3.8, 4) is 5.75 Å². The number of piperazine rings is 1. The molecule has 118 valence electrons. The van der Waals surface area contributed by atoms with E-state index in [0.29, 0.717) is 5.75 Å². The third kappa shape index (κ3) is 4.72. The highest BCUT2D eigenvalue weighted by molar-refractivity contribution is 5.40. The molecule has 1 fully saturated rings. The van der Waals surface area contributed by atoms with E-state index in [4.69, 9.17) is 0 Å². The van der Waals surface area contributed by atoms with Crippen LogP contribution in [-0.4, -0.2) is 47.6 Å². The van der Waals surface area contributed by atoms with Gasteiger partial charge in [0.2, 0.25) is 0 Å². The summed E-state index contributed by atoms with van der Waals surface area (Å²) >= 11 is 0. The first-order valence-electron chi connectivity index (χ1n) is 8.19. The molecule has 1 N–H and O–H groups in total. The van der Waals surface area contributed by atoms with Gasteiger partial charge >= 0.3 is 0 Å². The number of hydrogen-bond donors (Lipinski definition) is 1. The van der Waals surface area contributed by atoms with Crippen LogP contribution >= 0.6 is 0 Å². The summed E-state index contributed by atoms with van der Waals surface area (Å²) in [6, 6.07) is 4.03. The quantitative estimate of drug-likeness (QED) is 0.902. The van der Waals surface area contributed by atoms with Gasteiger partial charge in [0.05, 0.1) is 0 Å². The zero-order chi connectivity index (χ0) is 15.4. The lowest BCUT2D eigenvalue weighted by Crippen LogP contribution is -2.46. The highest BCUT2D eigenvalue weighted by Gasteiger charge is 2.18. The number of aryl methyl sites for hydroxylation is 2. The molecule has 0 atom stereocenters. The van der Waals surface area contributed by atoms with Gasteiger partial charge in [0, 0.05) is 38.3 Å². The van der Waals surface area contributed by atoms with E-state index >= 15 is 0 Å². The molecule has 0 aliphatic carbocycles. The Hall–Kier alpha value is -1.06. The molecule has 0 unspecified atom stereocenters. The van der Waals surface area contributed by atoms with Crippen LogP contribution in [0.3, 0.4) is 0 Å². The molecule has 1 saturated heterocycles. The van der Waals surface area contributed by atoms with E-state index in [1.807, 2.05) is 13.0 Å². The molecule has 0 bridgehead atoms. The van der Waals surface area contributed by atoms with Crippen molar-refractivity contribution in [2.24, 2.45) is 5.92 Å². The molecule has 0 radical (unpaired) electrons. The second kappa shape index (κ2) is 7.28. The van der Waals surface area contributed by atoms with Crippen LogP contribution < -0.4 is 0 Å². The fraction of sp³-hybridized carbons (Fsp3) is 0.667. The Kier molecular flexibility index (Phi) is 5.65. The minimum absolute atomic E-state index is 0.445. The fourth-order valence-electron chi connectivity index (χ4n) is 2.84. The maximum Gasteiger partial charge on any atom is 0.120 e. The first-order chi connectivity index (χ1) is 9.95. The summed E-state index contributed by atoms with van der Waals surface area (Å²) in [7, 11) is 0. The van der Waals surface area contributed by atoms with Crippen molar-refractivity contribution in [1.82, 2.24) is 9.80 Å². The predicted octanol–water partition coefficient (Wildman–Crippen LogP) is 3.17. The Labute approximate surface area is 129 Å². The molecular weight excluding hydrogens is 260 g/mol. The summed E-state index contributed by atoms with van der Waals surface area (Å²) in [4.78, 5) is 5.02. The van der Waals surface area contributed by atoms with Crippen molar-refractivity contribution >= 4 is 0 Å². The number of nitrogens with zero attached hydrogens (tertiary/aromatic N) is 2. The SMILES string of the molecule is Cc1cc(O)c(CN2CCN(CCC(C)C)CC2)cc1C. The average Bonchev–Trinajstić information content (AvgIpc) is 2.44. The molecule has 1 aromatic rings. The van der Waals surface area contributed by atoms with E-state index in [1.54, 1.807) is 0 Å². The third-order valence-corrected chi connectivity index (χ3v) is 4.58. The number of phenols is 1. The molecule has 3 heteroatoms. The monoisotopic (exact) mass is 290 g/mol. The minimum Gasteiger partial charge on any atom is -0.508 e. The van der Waals surface area contributed by atoms with E-state index in [0.717, 1.165) is 49.8 Å². The molecule has 0 spiro atoms. The van der Waals surface area contributed by atoms with E-state index in [-0.39, 0.29) is 0 Å². The van der Waals surface area contributed by atoms with E-state index in [1.165, 1.54) is 18.5 Å².